The number of anilines is 1. The van der Waals surface area contributed by atoms with Crippen LogP contribution in [-0.4, -0.2) is 38.5 Å². The van der Waals surface area contributed by atoms with Gasteiger partial charge in [0.25, 0.3) is 11.6 Å². The summed E-state index contributed by atoms with van der Waals surface area (Å²) in [5, 5.41) is 17.7. The molecule has 0 bridgehead atoms. The van der Waals surface area contributed by atoms with E-state index in [0.717, 1.165) is 5.56 Å². The van der Waals surface area contributed by atoms with Gasteiger partial charge < -0.3 is 10.2 Å². The molecule has 0 spiro atoms. The molecule has 0 radical (unpaired) electrons. The summed E-state index contributed by atoms with van der Waals surface area (Å²) in [6.07, 6.45) is 2.96. The maximum atomic E-state index is 12.6. The molecule has 0 fully saturated rings. The summed E-state index contributed by atoms with van der Waals surface area (Å²) in [6, 6.07) is 13.1. The average molecular weight is 393 g/mol. The van der Waals surface area contributed by atoms with Gasteiger partial charge in [-0.2, -0.15) is 5.10 Å². The summed E-state index contributed by atoms with van der Waals surface area (Å²) in [4.78, 5) is 36.0. The van der Waals surface area contributed by atoms with E-state index in [9.17, 15) is 19.7 Å². The number of nitro groups is 1. The maximum absolute atomic E-state index is 12.6. The van der Waals surface area contributed by atoms with Crippen molar-refractivity contribution < 1.29 is 14.5 Å². The van der Waals surface area contributed by atoms with E-state index in [1.807, 2.05) is 12.1 Å². The molecule has 1 N–H and O–H groups in total. The Labute approximate surface area is 166 Å². The van der Waals surface area contributed by atoms with Crippen LogP contribution in [-0.2, 0) is 11.3 Å². The average Bonchev–Trinajstić information content (AvgIpc) is 3.20. The van der Waals surface area contributed by atoms with E-state index in [1.54, 1.807) is 42.4 Å². The van der Waals surface area contributed by atoms with Crippen LogP contribution in [0.15, 0.2) is 60.9 Å². The largest absolute Gasteiger partial charge is 0.342 e. The third kappa shape index (κ3) is 4.64. The molecular weight excluding hydrogens is 374 g/mol. The zero-order valence-corrected chi connectivity index (χ0v) is 15.9. The number of aromatic nitrogens is 2. The fraction of sp³-hybridized carbons (Fsp3) is 0.150. The number of benzene rings is 2. The minimum Gasteiger partial charge on any atom is -0.342 e. The van der Waals surface area contributed by atoms with Crippen LogP contribution in [0, 0.1) is 10.1 Å². The Bertz CT molecular complexity index is 1060. The highest BCUT2D eigenvalue weighted by Gasteiger charge is 2.14. The zero-order chi connectivity index (χ0) is 21.0. The summed E-state index contributed by atoms with van der Waals surface area (Å²) >= 11 is 0. The lowest BCUT2D eigenvalue weighted by Crippen LogP contribution is -2.24. The van der Waals surface area contributed by atoms with Gasteiger partial charge in [-0.05, 0) is 23.8 Å². The number of nitro benzene ring substituents is 1. The highest BCUT2D eigenvalue weighted by atomic mass is 16.6. The Morgan fingerprint density at radius 3 is 2.52 bits per heavy atom. The van der Waals surface area contributed by atoms with Crippen LogP contribution >= 0.6 is 0 Å². The van der Waals surface area contributed by atoms with Crippen LogP contribution in [0.4, 0.5) is 11.4 Å². The Morgan fingerprint density at radius 1 is 1.17 bits per heavy atom. The second-order valence-corrected chi connectivity index (χ2v) is 6.43. The Balaban J connectivity index is 1.76. The lowest BCUT2D eigenvalue weighted by atomic mass is 10.1. The van der Waals surface area contributed by atoms with Crippen molar-refractivity contribution in [2.45, 2.75) is 13.5 Å². The van der Waals surface area contributed by atoms with Crippen molar-refractivity contribution >= 4 is 23.2 Å². The van der Waals surface area contributed by atoms with Gasteiger partial charge in [-0.15, -0.1) is 0 Å². The Hall–Kier alpha value is -4.01. The van der Waals surface area contributed by atoms with Gasteiger partial charge in [0, 0.05) is 44.5 Å². The molecule has 1 heterocycles. The number of para-hydroxylation sites is 1. The van der Waals surface area contributed by atoms with E-state index in [1.165, 1.54) is 29.9 Å². The first-order valence-corrected chi connectivity index (χ1v) is 8.75. The van der Waals surface area contributed by atoms with Crippen molar-refractivity contribution in [2.75, 3.05) is 12.4 Å². The van der Waals surface area contributed by atoms with E-state index in [-0.39, 0.29) is 17.5 Å². The highest BCUT2D eigenvalue weighted by molar-refractivity contribution is 6.04. The molecule has 2 aromatic carbocycles. The first kappa shape index (κ1) is 19.7. The van der Waals surface area contributed by atoms with Gasteiger partial charge in [0.2, 0.25) is 5.91 Å². The normalized spacial score (nSPS) is 10.4. The Kier molecular flexibility index (Phi) is 5.68. The van der Waals surface area contributed by atoms with Crippen LogP contribution in [0.2, 0.25) is 0 Å². The van der Waals surface area contributed by atoms with E-state index < -0.39 is 4.92 Å². The smallest absolute Gasteiger partial charge is 0.269 e. The summed E-state index contributed by atoms with van der Waals surface area (Å²) < 4.78 is 1.47. The second-order valence-electron chi connectivity index (χ2n) is 6.43. The number of nitrogens with one attached hydrogen (secondary N) is 1. The molecule has 0 saturated carbocycles. The predicted octanol–water partition coefficient (Wildman–Crippen LogP) is 3.01. The van der Waals surface area contributed by atoms with Crippen molar-refractivity contribution in [2.24, 2.45) is 0 Å². The number of nitrogens with zero attached hydrogens (tertiary/aromatic N) is 4. The number of amides is 2. The molecule has 29 heavy (non-hydrogen) atoms. The summed E-state index contributed by atoms with van der Waals surface area (Å²) in [6.45, 7) is 1.85. The van der Waals surface area contributed by atoms with Crippen LogP contribution in [0.3, 0.4) is 0 Å². The SMILES string of the molecule is CC(=O)N(C)Cc1ccccc1NC(=O)c1cnn(-c2ccc([N+](=O)[O-])cc2)c1. The quantitative estimate of drug-likeness (QED) is 0.511. The van der Waals surface area contributed by atoms with Gasteiger partial charge in [-0.3, -0.25) is 19.7 Å². The molecule has 9 heteroatoms. The first-order chi connectivity index (χ1) is 13.8. The fourth-order valence-corrected chi connectivity index (χ4v) is 2.65. The number of hydrogen-bond acceptors (Lipinski definition) is 5. The lowest BCUT2D eigenvalue weighted by Gasteiger charge is -2.17. The predicted molar refractivity (Wildman–Crippen MR) is 107 cm³/mol. The standard InChI is InChI=1S/C20H19N5O4/c1-14(26)23(2)12-15-5-3-4-6-19(15)22-20(27)16-11-21-24(13-16)17-7-9-18(10-8-17)25(28)29/h3-11,13H,12H2,1-2H3,(H,22,27). The van der Waals surface area contributed by atoms with Crippen molar-refractivity contribution in [1.29, 1.82) is 0 Å². The molecule has 3 aromatic rings. The molecule has 2 amide bonds. The topological polar surface area (TPSA) is 110 Å². The molecule has 148 valence electrons. The molecule has 0 saturated heterocycles. The van der Waals surface area contributed by atoms with Gasteiger partial charge in [0.15, 0.2) is 0 Å². The van der Waals surface area contributed by atoms with Crippen molar-refractivity contribution in [3.63, 3.8) is 0 Å². The third-order valence-electron chi connectivity index (χ3n) is 4.38. The molecule has 3 rings (SSSR count). The molecule has 0 aliphatic carbocycles. The monoisotopic (exact) mass is 393 g/mol. The molecule has 1 aromatic heterocycles. The number of rotatable bonds is 6. The maximum Gasteiger partial charge on any atom is 0.269 e. The zero-order valence-electron chi connectivity index (χ0n) is 15.9. The van der Waals surface area contributed by atoms with Gasteiger partial charge in [-0.25, -0.2) is 4.68 Å². The molecular formula is C20H19N5O4. The fourth-order valence-electron chi connectivity index (χ4n) is 2.65. The molecule has 0 unspecified atom stereocenters. The van der Waals surface area contributed by atoms with E-state index in [4.69, 9.17) is 0 Å². The lowest BCUT2D eigenvalue weighted by molar-refractivity contribution is -0.384. The first-order valence-electron chi connectivity index (χ1n) is 8.75. The van der Waals surface area contributed by atoms with Crippen LogP contribution in [0.5, 0.6) is 0 Å². The highest BCUT2D eigenvalue weighted by Crippen LogP contribution is 2.19. The summed E-state index contributed by atoms with van der Waals surface area (Å²) in [7, 11) is 1.69. The van der Waals surface area contributed by atoms with Crippen LogP contribution < -0.4 is 5.32 Å². The van der Waals surface area contributed by atoms with Crippen molar-refractivity contribution in [3.05, 3.63) is 82.2 Å². The molecule has 9 nitrogen and oxygen atoms in total. The number of carbonyl (C=O) groups excluding carboxylic acids is 2. The van der Waals surface area contributed by atoms with Gasteiger partial charge in [-0.1, -0.05) is 18.2 Å². The van der Waals surface area contributed by atoms with Crippen molar-refractivity contribution in [3.8, 4) is 5.69 Å². The van der Waals surface area contributed by atoms with E-state index >= 15 is 0 Å². The molecule has 0 aliphatic rings. The molecule has 0 atom stereocenters. The minimum atomic E-state index is -0.479. The summed E-state index contributed by atoms with van der Waals surface area (Å²) in [5.41, 5.74) is 2.32. The summed E-state index contributed by atoms with van der Waals surface area (Å²) in [5.74, 6) is -0.424. The van der Waals surface area contributed by atoms with E-state index in [2.05, 4.69) is 10.4 Å². The molecule has 0 aliphatic heterocycles. The van der Waals surface area contributed by atoms with Crippen molar-refractivity contribution in [1.82, 2.24) is 14.7 Å². The number of carbonyl (C=O) groups is 2. The number of non-ortho nitro benzene ring substituents is 1. The van der Waals surface area contributed by atoms with Crippen LogP contribution in [0.1, 0.15) is 22.8 Å². The second kappa shape index (κ2) is 8.34. The van der Waals surface area contributed by atoms with Gasteiger partial charge in [0.1, 0.15) is 0 Å². The van der Waals surface area contributed by atoms with Gasteiger partial charge in [0.05, 0.1) is 22.4 Å². The van der Waals surface area contributed by atoms with Crippen LogP contribution in [0.25, 0.3) is 5.69 Å². The van der Waals surface area contributed by atoms with E-state index in [0.29, 0.717) is 23.5 Å². The van der Waals surface area contributed by atoms with Gasteiger partial charge >= 0.3 is 0 Å². The Morgan fingerprint density at radius 2 is 1.86 bits per heavy atom. The minimum absolute atomic E-state index is 0.0222. The number of hydrogen-bond donors (Lipinski definition) is 1. The third-order valence-corrected chi connectivity index (χ3v) is 4.38.